The summed E-state index contributed by atoms with van der Waals surface area (Å²) in [6.45, 7) is 3.54. The number of alkyl halides is 7. The zero-order valence-corrected chi connectivity index (χ0v) is 18.4. The first-order chi connectivity index (χ1) is 14.2. The van der Waals surface area contributed by atoms with Crippen molar-refractivity contribution in [1.82, 2.24) is 0 Å². The zero-order chi connectivity index (χ0) is 25.3. The van der Waals surface area contributed by atoms with E-state index in [9.17, 15) is 56.0 Å². The van der Waals surface area contributed by atoms with Gasteiger partial charge in [0, 0.05) is 0 Å². The summed E-state index contributed by atoms with van der Waals surface area (Å²) in [6, 6.07) is 4.14. The monoisotopic (exact) mass is 538 g/mol. The normalized spacial score (nSPS) is 16.1. The quantitative estimate of drug-likeness (QED) is 0.329. The van der Waals surface area contributed by atoms with E-state index in [1.54, 1.807) is 13.8 Å². The fourth-order valence-corrected chi connectivity index (χ4v) is 6.95. The molecule has 186 valence electrons. The van der Waals surface area contributed by atoms with Gasteiger partial charge in [-0.25, -0.2) is 25.6 Å². The van der Waals surface area contributed by atoms with Crippen LogP contribution in [0.1, 0.15) is 31.7 Å². The number of benzene rings is 1. The van der Waals surface area contributed by atoms with Gasteiger partial charge in [-0.1, -0.05) is 26.0 Å². The van der Waals surface area contributed by atoms with E-state index >= 15 is 0 Å². The SMILES string of the molecule is CCC(C)c1ccc(OS(=O)(=O)C(C(F)(F)C(F)F)S(=O)(=O)[N-]S(=O)(=O)C(F)(F)F)cc1. The van der Waals surface area contributed by atoms with Crippen LogP contribution in [0, 0.1) is 0 Å². The number of halogens is 7. The van der Waals surface area contributed by atoms with Crippen LogP contribution in [-0.4, -0.2) is 47.7 Å². The van der Waals surface area contributed by atoms with Gasteiger partial charge in [-0.3, -0.25) is 0 Å². The van der Waals surface area contributed by atoms with Crippen molar-refractivity contribution in [3.8, 4) is 5.75 Å². The Hall–Kier alpha value is -1.66. The number of nitrogens with zero attached hydrogens (tertiary/aromatic N) is 1. The highest BCUT2D eigenvalue weighted by molar-refractivity contribution is 8.18. The maximum absolute atomic E-state index is 13.9. The van der Waals surface area contributed by atoms with Gasteiger partial charge in [-0.2, -0.15) is 30.4 Å². The van der Waals surface area contributed by atoms with Gasteiger partial charge in [0.25, 0.3) is 4.58 Å². The average Bonchev–Trinajstić information content (AvgIpc) is 2.58. The Labute approximate surface area is 179 Å². The molecule has 0 aliphatic heterocycles. The summed E-state index contributed by atoms with van der Waals surface area (Å²) < 4.78 is 161. The Kier molecular flexibility index (Phi) is 8.24. The topological polar surface area (TPSA) is 126 Å². The van der Waals surface area contributed by atoms with Crippen molar-refractivity contribution >= 4 is 30.2 Å². The fourth-order valence-electron chi connectivity index (χ4n) is 2.13. The summed E-state index contributed by atoms with van der Waals surface area (Å²) in [5.74, 6) is -7.04. The number of sulfonamides is 2. The molecule has 0 aliphatic carbocycles. The molecule has 18 heteroatoms. The largest absolute Gasteiger partial charge is 0.480 e. The van der Waals surface area contributed by atoms with Crippen LogP contribution in [0.25, 0.3) is 4.13 Å². The molecule has 0 amide bonds. The van der Waals surface area contributed by atoms with Crippen LogP contribution in [0.4, 0.5) is 30.7 Å². The molecule has 0 aromatic heterocycles. The first-order valence-corrected chi connectivity index (χ1v) is 12.6. The molecule has 0 saturated carbocycles. The molecule has 0 N–H and O–H groups in total. The summed E-state index contributed by atoms with van der Waals surface area (Å²) >= 11 is 0. The van der Waals surface area contributed by atoms with Gasteiger partial charge in [0.2, 0.25) is 0 Å². The van der Waals surface area contributed by atoms with E-state index in [0.717, 1.165) is 16.3 Å². The van der Waals surface area contributed by atoms with E-state index in [0.29, 0.717) is 12.0 Å². The van der Waals surface area contributed by atoms with Gasteiger partial charge in [0.15, 0.2) is 10.0 Å². The molecule has 1 rings (SSSR count). The van der Waals surface area contributed by atoms with Crippen LogP contribution in [-0.2, 0) is 30.2 Å². The molecule has 2 unspecified atom stereocenters. The minimum atomic E-state index is -7.10. The maximum atomic E-state index is 13.9. The summed E-state index contributed by atoms with van der Waals surface area (Å²) in [5.41, 5.74) is -5.87. The third-order valence-corrected chi connectivity index (χ3v) is 9.66. The van der Waals surface area contributed by atoms with Crippen LogP contribution in [0.3, 0.4) is 0 Å². The average molecular weight is 538 g/mol. The van der Waals surface area contributed by atoms with Crippen LogP contribution in [0.5, 0.6) is 5.75 Å². The van der Waals surface area contributed by atoms with Crippen molar-refractivity contribution in [2.24, 2.45) is 0 Å². The summed E-state index contributed by atoms with van der Waals surface area (Å²) in [4.78, 5) is 0. The Morgan fingerprint density at radius 1 is 0.938 bits per heavy atom. The van der Waals surface area contributed by atoms with Crippen molar-refractivity contribution in [3.05, 3.63) is 34.0 Å². The maximum Gasteiger partial charge on any atom is 0.480 e. The molecular formula is C14H15F7NO7S3-. The summed E-state index contributed by atoms with van der Waals surface area (Å²) in [7, 11) is -20.5. The second-order valence-electron chi connectivity index (χ2n) is 6.27. The fraction of sp³-hybridized carbons (Fsp3) is 0.571. The van der Waals surface area contributed by atoms with Crippen LogP contribution < -0.4 is 4.18 Å². The lowest BCUT2D eigenvalue weighted by Gasteiger charge is -2.31. The number of hydrogen-bond acceptors (Lipinski definition) is 7. The number of rotatable bonds is 10. The van der Waals surface area contributed by atoms with Gasteiger partial charge in [0.1, 0.15) is 15.8 Å². The molecule has 0 radical (unpaired) electrons. The molecule has 0 bridgehead atoms. The Morgan fingerprint density at radius 3 is 1.78 bits per heavy atom. The van der Waals surface area contributed by atoms with Crippen molar-refractivity contribution < 1.29 is 60.2 Å². The minimum absolute atomic E-state index is 0.0664. The molecule has 0 heterocycles. The molecule has 0 spiro atoms. The lowest BCUT2D eigenvalue weighted by atomic mass is 9.99. The van der Waals surface area contributed by atoms with Gasteiger partial charge >= 0.3 is 28.0 Å². The number of hydrogen-bond donors (Lipinski definition) is 0. The molecule has 2 atom stereocenters. The smallest absolute Gasteiger partial charge is 0.427 e. The lowest BCUT2D eigenvalue weighted by Crippen LogP contribution is -2.51. The standard InChI is InChI=1S/C14H15F7NO7S3/c1-3-8(2)9-4-6-10(7-5-9)29-31(25,26)12(13(17,18)11(15)16)30(23,24)22-32(27,28)14(19,20)21/h4-8,11-12H,3H2,1-2H3/q-1. The minimum Gasteiger partial charge on any atom is -0.427 e. The molecule has 0 aliphatic rings. The van der Waals surface area contributed by atoms with Crippen molar-refractivity contribution in [2.45, 2.75) is 48.6 Å². The van der Waals surface area contributed by atoms with Crippen molar-refractivity contribution in [3.63, 3.8) is 0 Å². The van der Waals surface area contributed by atoms with E-state index < -0.39 is 58.4 Å². The third kappa shape index (κ3) is 6.22. The van der Waals surface area contributed by atoms with Gasteiger partial charge < -0.3 is 8.31 Å². The lowest BCUT2D eigenvalue weighted by molar-refractivity contribution is -0.118. The molecular weight excluding hydrogens is 523 g/mol. The Bertz CT molecular complexity index is 1120. The van der Waals surface area contributed by atoms with Crippen molar-refractivity contribution in [1.29, 1.82) is 0 Å². The van der Waals surface area contributed by atoms with Crippen molar-refractivity contribution in [2.75, 3.05) is 0 Å². The first-order valence-electron chi connectivity index (χ1n) is 8.17. The zero-order valence-electron chi connectivity index (χ0n) is 15.9. The van der Waals surface area contributed by atoms with Crippen LogP contribution in [0.15, 0.2) is 24.3 Å². The highest BCUT2D eigenvalue weighted by Crippen LogP contribution is 2.40. The Balaban J connectivity index is 3.52. The molecule has 0 saturated heterocycles. The van der Waals surface area contributed by atoms with Crippen LogP contribution in [0.2, 0.25) is 0 Å². The third-order valence-electron chi connectivity index (χ3n) is 3.91. The second kappa shape index (κ2) is 9.30. The Morgan fingerprint density at radius 2 is 1.41 bits per heavy atom. The summed E-state index contributed by atoms with van der Waals surface area (Å²) in [5, 5.41) is 0. The molecule has 1 aromatic carbocycles. The molecule has 32 heavy (non-hydrogen) atoms. The van der Waals surface area contributed by atoms with E-state index in [4.69, 9.17) is 0 Å². The second-order valence-corrected chi connectivity index (χ2v) is 11.7. The van der Waals surface area contributed by atoms with E-state index in [2.05, 4.69) is 4.18 Å². The predicted molar refractivity (Wildman–Crippen MR) is 96.7 cm³/mol. The van der Waals surface area contributed by atoms with Crippen LogP contribution >= 0.6 is 0 Å². The van der Waals surface area contributed by atoms with Gasteiger partial charge in [0.05, 0.1) is 0 Å². The van der Waals surface area contributed by atoms with E-state index in [-0.39, 0.29) is 5.92 Å². The molecule has 0 fully saturated rings. The highest BCUT2D eigenvalue weighted by Gasteiger charge is 2.61. The van der Waals surface area contributed by atoms with E-state index in [1.807, 2.05) is 0 Å². The molecule has 1 aromatic rings. The molecule has 8 nitrogen and oxygen atoms in total. The predicted octanol–water partition coefficient (Wildman–Crippen LogP) is 3.69. The van der Waals surface area contributed by atoms with Gasteiger partial charge in [-0.05, 0) is 30.0 Å². The highest BCUT2D eigenvalue weighted by atomic mass is 32.3. The van der Waals surface area contributed by atoms with Gasteiger partial charge in [-0.15, -0.1) is 0 Å². The summed E-state index contributed by atoms with van der Waals surface area (Å²) in [6.07, 6.45) is -4.45. The first kappa shape index (κ1) is 28.4. The van der Waals surface area contributed by atoms with E-state index in [1.165, 1.54) is 12.1 Å².